The van der Waals surface area contributed by atoms with Gasteiger partial charge in [-0.25, -0.2) is 0 Å². The lowest BCUT2D eigenvalue weighted by molar-refractivity contribution is 0.744. The summed E-state index contributed by atoms with van der Waals surface area (Å²) in [5.41, 5.74) is 15.5. The van der Waals surface area contributed by atoms with E-state index in [9.17, 15) is 0 Å². The largest absolute Gasteiger partial charge is 0.397 e. The molecule has 0 amide bonds. The molecule has 0 unspecified atom stereocenters. The summed E-state index contributed by atoms with van der Waals surface area (Å²) in [6.07, 6.45) is 0. The van der Waals surface area contributed by atoms with E-state index in [-0.39, 0.29) is 7.43 Å². The summed E-state index contributed by atoms with van der Waals surface area (Å²) >= 11 is 21.0. The van der Waals surface area contributed by atoms with Gasteiger partial charge in [-0.1, -0.05) is 201 Å². The highest BCUT2D eigenvalue weighted by molar-refractivity contribution is 9.11. The van der Waals surface area contributed by atoms with Crippen molar-refractivity contribution in [3.63, 3.8) is 0 Å². The summed E-state index contributed by atoms with van der Waals surface area (Å²) in [6.45, 7) is 1.43. The predicted molar refractivity (Wildman–Crippen MR) is 268 cm³/mol. The molecule has 0 aromatic heterocycles. The molecule has 8 rings (SSSR count). The van der Waals surface area contributed by atoms with Gasteiger partial charge in [0.2, 0.25) is 0 Å². The van der Waals surface area contributed by atoms with Crippen molar-refractivity contribution in [2.45, 2.75) is 25.2 Å². The third-order valence-electron chi connectivity index (χ3n) is 10.2. The van der Waals surface area contributed by atoms with E-state index in [1.54, 1.807) is 6.07 Å². The number of anilines is 1. The zero-order chi connectivity index (χ0) is 41.8. The molecule has 0 spiro atoms. The van der Waals surface area contributed by atoms with Gasteiger partial charge in [-0.2, -0.15) is 5.26 Å². The third-order valence-corrected chi connectivity index (χ3v) is 13.6. The topological polar surface area (TPSA) is 49.8 Å². The molecule has 2 nitrogen and oxygen atoms in total. The van der Waals surface area contributed by atoms with E-state index in [4.69, 9.17) is 22.6 Å². The van der Waals surface area contributed by atoms with Gasteiger partial charge in [-0.15, -0.1) is 0 Å². The molecular formula is C53H43Br4ClN2. The first kappa shape index (κ1) is 46.3. The summed E-state index contributed by atoms with van der Waals surface area (Å²) < 4.78 is 3.49. The fraction of sp³-hybridized carbons (Fsp3) is 0.0755. The Morgan fingerprint density at radius 1 is 0.400 bits per heavy atom. The van der Waals surface area contributed by atoms with Gasteiger partial charge in [0.05, 0.1) is 27.6 Å². The maximum Gasteiger partial charge on any atom is 0.0702 e. The lowest BCUT2D eigenvalue weighted by atomic mass is 9.65. The molecule has 0 aliphatic carbocycles. The highest BCUT2D eigenvalue weighted by Crippen LogP contribution is 2.49. The summed E-state index contributed by atoms with van der Waals surface area (Å²) in [4.78, 5) is 0. The van der Waals surface area contributed by atoms with E-state index in [2.05, 4.69) is 270 Å². The van der Waals surface area contributed by atoms with Crippen LogP contribution in [0, 0.1) is 11.3 Å². The minimum absolute atomic E-state index is 0. The molecular weight excluding hydrogens is 1020 g/mol. The zero-order valence-corrected chi connectivity index (χ0v) is 39.1. The molecule has 60 heavy (non-hydrogen) atoms. The van der Waals surface area contributed by atoms with E-state index in [0.717, 1.165) is 29.0 Å². The molecule has 0 fully saturated rings. The maximum atomic E-state index is 7.32. The monoisotopic (exact) mass is 1060 g/mol. The normalized spacial score (nSPS) is 10.8. The minimum atomic E-state index is -0.473. The van der Waals surface area contributed by atoms with Gasteiger partial charge < -0.3 is 5.73 Å². The highest BCUT2D eigenvalue weighted by Gasteiger charge is 2.40. The van der Waals surface area contributed by atoms with E-state index in [1.165, 1.54) is 40.3 Å². The highest BCUT2D eigenvalue weighted by atomic mass is 79.9. The molecule has 0 radical (unpaired) electrons. The lowest BCUT2D eigenvalue weighted by Crippen LogP contribution is -2.31. The van der Waals surface area contributed by atoms with Crippen LogP contribution in [0.25, 0.3) is 0 Å². The summed E-state index contributed by atoms with van der Waals surface area (Å²) in [5.74, 6) is 0. The first-order valence-corrected chi connectivity index (χ1v) is 22.3. The number of hydrogen-bond donors (Lipinski definition) is 1. The fourth-order valence-electron chi connectivity index (χ4n) is 7.70. The average molecular weight is 1060 g/mol. The van der Waals surface area contributed by atoms with Crippen LogP contribution in [0.1, 0.15) is 58.9 Å². The van der Waals surface area contributed by atoms with Crippen molar-refractivity contribution >= 4 is 81.0 Å². The first-order valence-electron chi connectivity index (χ1n) is 18.7. The molecule has 0 saturated carbocycles. The predicted octanol–water partition coefficient (Wildman–Crippen LogP) is 16.6. The molecule has 0 bridgehead atoms. The first-order chi connectivity index (χ1) is 28.7. The van der Waals surface area contributed by atoms with E-state index in [0.29, 0.717) is 10.7 Å². The summed E-state index contributed by atoms with van der Waals surface area (Å²) in [7, 11) is 0. The zero-order valence-electron chi connectivity index (χ0n) is 32.0. The van der Waals surface area contributed by atoms with Gasteiger partial charge in [0.15, 0.2) is 0 Å². The molecule has 0 saturated heterocycles. The number of rotatable bonds is 8. The van der Waals surface area contributed by atoms with Crippen molar-refractivity contribution in [2.24, 2.45) is 0 Å². The number of benzene rings is 8. The molecule has 8 aromatic carbocycles. The second-order valence-corrected chi connectivity index (χ2v) is 17.3. The standard InChI is InChI=1S/C25H17Br2Cl.C25H19Br2N.C2H3N.CH4/c2*26-22-16-21(17-23(27)24(22)28)25(18-10-4-1-5-11-18,19-12-6-2-7-13-19)20-14-8-3-9-15-20;1-2-3;/h1-17H;1-17H,28H2;1H3;1H4. The Bertz CT molecular complexity index is 2200. The quantitative estimate of drug-likeness (QED) is 0.0936. The van der Waals surface area contributed by atoms with Crippen molar-refractivity contribution in [2.75, 3.05) is 5.73 Å². The smallest absolute Gasteiger partial charge is 0.0702 e. The molecule has 0 aliphatic rings. The van der Waals surface area contributed by atoms with Crippen LogP contribution < -0.4 is 5.73 Å². The number of nitrogen functional groups attached to an aromatic ring is 1. The van der Waals surface area contributed by atoms with Gasteiger partial charge in [-0.3, -0.25) is 0 Å². The average Bonchev–Trinajstić information content (AvgIpc) is 3.28. The van der Waals surface area contributed by atoms with Crippen LogP contribution in [0.3, 0.4) is 0 Å². The molecule has 0 aliphatic heterocycles. The Morgan fingerprint density at radius 2 is 0.583 bits per heavy atom. The van der Waals surface area contributed by atoms with Gasteiger partial charge in [0.25, 0.3) is 0 Å². The molecule has 2 N–H and O–H groups in total. The van der Waals surface area contributed by atoms with Crippen LogP contribution >= 0.6 is 75.3 Å². The van der Waals surface area contributed by atoms with Gasteiger partial charge in [-0.05, 0) is 132 Å². The second kappa shape index (κ2) is 21.7. The summed E-state index contributed by atoms with van der Waals surface area (Å²) in [5, 5.41) is 7.99. The third kappa shape index (κ3) is 9.57. The lowest BCUT2D eigenvalue weighted by Gasteiger charge is -2.37. The SMILES string of the molecule is C.CC#N.Clc1c(Br)cc(C(c2ccccc2)(c2ccccc2)c2ccccc2)cc1Br.Nc1c(Br)cc(C(c2ccccc2)(c2ccccc2)c2ccccc2)cc1Br. The Kier molecular flexibility index (Phi) is 16.7. The Morgan fingerprint density at radius 3 is 0.783 bits per heavy atom. The number of nitriles is 1. The van der Waals surface area contributed by atoms with Crippen LogP contribution in [0.2, 0.25) is 5.02 Å². The molecule has 7 heteroatoms. The maximum absolute atomic E-state index is 7.32. The van der Waals surface area contributed by atoms with Gasteiger partial charge in [0.1, 0.15) is 0 Å². The van der Waals surface area contributed by atoms with Crippen molar-refractivity contribution < 1.29 is 0 Å². The van der Waals surface area contributed by atoms with Gasteiger partial charge in [0, 0.05) is 24.8 Å². The van der Waals surface area contributed by atoms with E-state index < -0.39 is 10.8 Å². The molecule has 0 heterocycles. The van der Waals surface area contributed by atoms with Crippen molar-refractivity contribution in [1.82, 2.24) is 0 Å². The van der Waals surface area contributed by atoms with Crippen LogP contribution in [0.15, 0.2) is 224 Å². The second-order valence-electron chi connectivity index (χ2n) is 13.5. The number of nitrogens with zero attached hydrogens (tertiary/aromatic N) is 1. The van der Waals surface area contributed by atoms with Crippen molar-refractivity contribution in [1.29, 1.82) is 5.26 Å². The van der Waals surface area contributed by atoms with Crippen LogP contribution in [-0.2, 0) is 10.8 Å². The van der Waals surface area contributed by atoms with Crippen LogP contribution in [0.4, 0.5) is 5.69 Å². The molecule has 0 atom stereocenters. The Hall–Kier alpha value is -4.74. The number of halogens is 5. The molecule has 8 aromatic rings. The number of hydrogen-bond acceptors (Lipinski definition) is 2. The van der Waals surface area contributed by atoms with Crippen LogP contribution in [-0.4, -0.2) is 0 Å². The summed E-state index contributed by atoms with van der Waals surface area (Å²) in [6, 6.07) is 74.0. The van der Waals surface area contributed by atoms with Gasteiger partial charge >= 0.3 is 0 Å². The molecule has 300 valence electrons. The van der Waals surface area contributed by atoms with Crippen LogP contribution in [0.5, 0.6) is 0 Å². The number of nitrogens with two attached hydrogens (primary N) is 1. The fourth-order valence-corrected chi connectivity index (χ4v) is 10.2. The minimum Gasteiger partial charge on any atom is -0.397 e. The van der Waals surface area contributed by atoms with E-state index >= 15 is 0 Å². The van der Waals surface area contributed by atoms with Crippen molar-refractivity contribution in [3.05, 3.63) is 274 Å². The van der Waals surface area contributed by atoms with E-state index in [1.807, 2.05) is 0 Å². The Labute approximate surface area is 393 Å². The Balaban J connectivity index is 0.000000210. The van der Waals surface area contributed by atoms with Crippen molar-refractivity contribution in [3.8, 4) is 6.07 Å².